The third kappa shape index (κ3) is 2.76. The minimum absolute atomic E-state index is 0.0642. The smallest absolute Gasteiger partial charge is 0.340 e. The summed E-state index contributed by atoms with van der Waals surface area (Å²) in [6, 6.07) is 1.39. The van der Waals surface area contributed by atoms with Gasteiger partial charge in [0.05, 0.1) is 17.2 Å². The number of carboxylic acid groups (broad SMARTS) is 1. The van der Waals surface area contributed by atoms with Gasteiger partial charge >= 0.3 is 13.6 Å². The fraction of sp³-hybridized carbons (Fsp3) is 0.200. The fourth-order valence-electron chi connectivity index (χ4n) is 1.77. The Morgan fingerprint density at radius 2 is 2.16 bits per heavy atom. The topological polar surface area (TPSA) is 144 Å². The summed E-state index contributed by atoms with van der Waals surface area (Å²) < 4.78 is 11.1. The Bertz CT molecular complexity index is 676. The monoisotopic (exact) mass is 286 g/mol. The number of nitrogens with one attached hydrogen (secondary N) is 1. The molecule has 0 spiro atoms. The second-order valence-electron chi connectivity index (χ2n) is 4.05. The lowest BCUT2D eigenvalue weighted by Gasteiger charge is -2.12. The van der Waals surface area contributed by atoms with E-state index in [-0.39, 0.29) is 12.2 Å². The van der Waals surface area contributed by atoms with E-state index in [1.165, 1.54) is 18.5 Å². The van der Waals surface area contributed by atoms with E-state index in [2.05, 4.69) is 9.97 Å². The summed E-state index contributed by atoms with van der Waals surface area (Å²) in [4.78, 5) is 35.6. The van der Waals surface area contributed by atoms with Gasteiger partial charge < -0.3 is 25.0 Å². The number of fused-ring (bicyclic) bond motifs is 1. The van der Waals surface area contributed by atoms with Crippen molar-refractivity contribution in [3.05, 3.63) is 24.0 Å². The molecule has 2 heterocycles. The standard InChI is InChI=1S/C10H11N2O6P/c13-6-2-7-9(12-4-6)5(3-11-7)1-8(10(14)15)19(16,17)18/h2-4,8,11,13H,1H2,(H,14,15)(H2,16,17,18). The van der Waals surface area contributed by atoms with Gasteiger partial charge in [-0.05, 0) is 5.56 Å². The predicted octanol–water partition coefficient (Wildman–Crippen LogP) is 0.442. The van der Waals surface area contributed by atoms with Crippen molar-refractivity contribution in [1.29, 1.82) is 0 Å². The van der Waals surface area contributed by atoms with Crippen molar-refractivity contribution < 1.29 is 29.4 Å². The number of aromatic amines is 1. The maximum absolute atomic E-state index is 11.1. The van der Waals surface area contributed by atoms with Gasteiger partial charge in [0.2, 0.25) is 0 Å². The van der Waals surface area contributed by atoms with Crippen LogP contribution in [0.25, 0.3) is 11.0 Å². The average molecular weight is 286 g/mol. The molecule has 102 valence electrons. The van der Waals surface area contributed by atoms with Crippen LogP contribution in [-0.2, 0) is 15.8 Å². The van der Waals surface area contributed by atoms with Crippen molar-refractivity contribution >= 4 is 24.6 Å². The first-order chi connectivity index (χ1) is 8.79. The minimum atomic E-state index is -4.75. The molecule has 0 saturated heterocycles. The minimum Gasteiger partial charge on any atom is -0.506 e. The van der Waals surface area contributed by atoms with Gasteiger partial charge in [0.25, 0.3) is 0 Å². The van der Waals surface area contributed by atoms with Crippen LogP contribution in [0.3, 0.4) is 0 Å². The van der Waals surface area contributed by atoms with Gasteiger partial charge in [0.15, 0.2) is 5.66 Å². The van der Waals surface area contributed by atoms with Crippen molar-refractivity contribution in [1.82, 2.24) is 9.97 Å². The molecule has 19 heavy (non-hydrogen) atoms. The lowest BCUT2D eigenvalue weighted by atomic mass is 10.1. The third-order valence-electron chi connectivity index (χ3n) is 2.68. The highest BCUT2D eigenvalue weighted by atomic mass is 31.2. The summed E-state index contributed by atoms with van der Waals surface area (Å²) in [6.45, 7) is 0. The van der Waals surface area contributed by atoms with Crippen LogP contribution in [0.4, 0.5) is 0 Å². The van der Waals surface area contributed by atoms with E-state index in [0.29, 0.717) is 16.6 Å². The molecule has 2 aromatic heterocycles. The molecule has 0 aliphatic heterocycles. The number of hydrogen-bond acceptors (Lipinski definition) is 4. The van der Waals surface area contributed by atoms with Crippen LogP contribution in [-0.4, -0.2) is 41.6 Å². The molecule has 2 rings (SSSR count). The Morgan fingerprint density at radius 3 is 2.74 bits per heavy atom. The van der Waals surface area contributed by atoms with Gasteiger partial charge in [-0.25, -0.2) is 0 Å². The second-order valence-corrected chi connectivity index (χ2v) is 5.85. The number of aliphatic carboxylic acids is 1. The molecular weight excluding hydrogens is 275 g/mol. The van der Waals surface area contributed by atoms with Crippen LogP contribution in [0.2, 0.25) is 0 Å². The van der Waals surface area contributed by atoms with Crippen LogP contribution < -0.4 is 0 Å². The number of pyridine rings is 1. The molecule has 8 nitrogen and oxygen atoms in total. The Morgan fingerprint density at radius 1 is 1.47 bits per heavy atom. The van der Waals surface area contributed by atoms with Crippen LogP contribution in [0.5, 0.6) is 5.75 Å². The molecule has 0 saturated carbocycles. The lowest BCUT2D eigenvalue weighted by Crippen LogP contribution is -2.22. The van der Waals surface area contributed by atoms with Crippen molar-refractivity contribution in [2.24, 2.45) is 0 Å². The highest BCUT2D eigenvalue weighted by Gasteiger charge is 2.36. The Kier molecular flexibility index (Phi) is 3.32. The number of rotatable bonds is 4. The number of hydrogen-bond donors (Lipinski definition) is 5. The van der Waals surface area contributed by atoms with E-state index in [0.717, 1.165) is 0 Å². The maximum Gasteiger partial charge on any atom is 0.340 e. The summed E-state index contributed by atoms with van der Waals surface area (Å²) >= 11 is 0. The van der Waals surface area contributed by atoms with Crippen LogP contribution in [0.15, 0.2) is 18.5 Å². The van der Waals surface area contributed by atoms with Crippen molar-refractivity contribution in [2.45, 2.75) is 12.1 Å². The zero-order chi connectivity index (χ0) is 14.2. The normalized spacial score (nSPS) is 13.6. The Hall–Kier alpha value is -1.89. The van der Waals surface area contributed by atoms with E-state index < -0.39 is 19.2 Å². The predicted molar refractivity (Wildman–Crippen MR) is 64.9 cm³/mol. The van der Waals surface area contributed by atoms with Gasteiger partial charge in [-0.15, -0.1) is 0 Å². The molecule has 0 aliphatic rings. The summed E-state index contributed by atoms with van der Waals surface area (Å²) in [5.74, 6) is -1.63. The fourth-order valence-corrected chi connectivity index (χ4v) is 2.49. The molecule has 2 aromatic rings. The molecule has 0 aromatic carbocycles. The molecule has 5 N–H and O–H groups in total. The van der Waals surface area contributed by atoms with Gasteiger partial charge in [-0.3, -0.25) is 14.3 Å². The second kappa shape index (κ2) is 4.65. The summed E-state index contributed by atoms with van der Waals surface area (Å²) in [6.07, 6.45) is 2.24. The molecule has 0 radical (unpaired) electrons. The molecule has 1 unspecified atom stereocenters. The van der Waals surface area contributed by atoms with Crippen LogP contribution in [0.1, 0.15) is 5.56 Å². The number of carbonyl (C=O) groups is 1. The zero-order valence-corrected chi connectivity index (χ0v) is 10.4. The summed E-state index contributed by atoms with van der Waals surface area (Å²) in [7, 11) is -4.75. The molecule has 0 fully saturated rings. The molecule has 1 atom stereocenters. The number of aromatic nitrogens is 2. The quantitative estimate of drug-likeness (QED) is 0.513. The third-order valence-corrected chi connectivity index (χ3v) is 3.90. The molecule has 0 aliphatic carbocycles. The van der Waals surface area contributed by atoms with Crippen LogP contribution >= 0.6 is 7.60 Å². The van der Waals surface area contributed by atoms with E-state index >= 15 is 0 Å². The van der Waals surface area contributed by atoms with E-state index in [1.54, 1.807) is 0 Å². The summed E-state index contributed by atoms with van der Waals surface area (Å²) in [5.41, 5.74) is -0.616. The van der Waals surface area contributed by atoms with Gasteiger partial charge in [0.1, 0.15) is 5.75 Å². The van der Waals surface area contributed by atoms with Crippen LogP contribution in [0, 0.1) is 0 Å². The van der Waals surface area contributed by atoms with E-state index in [9.17, 15) is 14.5 Å². The molecule has 0 amide bonds. The lowest BCUT2D eigenvalue weighted by molar-refractivity contribution is -0.136. The highest BCUT2D eigenvalue weighted by Crippen LogP contribution is 2.43. The van der Waals surface area contributed by atoms with Crippen molar-refractivity contribution in [3.8, 4) is 5.75 Å². The number of carboxylic acids is 1. The van der Waals surface area contributed by atoms with Crippen molar-refractivity contribution in [3.63, 3.8) is 0 Å². The summed E-state index contributed by atoms with van der Waals surface area (Å²) in [5, 5.41) is 18.1. The first kappa shape index (κ1) is 13.5. The van der Waals surface area contributed by atoms with E-state index in [1.807, 2.05) is 0 Å². The zero-order valence-electron chi connectivity index (χ0n) is 9.52. The van der Waals surface area contributed by atoms with Gasteiger partial charge in [-0.1, -0.05) is 0 Å². The number of H-pyrrole nitrogens is 1. The Balaban J connectivity index is 2.40. The average Bonchev–Trinajstić information content (AvgIpc) is 2.66. The first-order valence-corrected chi connectivity index (χ1v) is 6.90. The number of aromatic hydroxyl groups is 1. The SMILES string of the molecule is O=C(O)C(Cc1c[nH]c2cc(O)cnc12)P(=O)(O)O. The van der Waals surface area contributed by atoms with Gasteiger partial charge in [-0.2, -0.15) is 0 Å². The Labute approximate surface area is 106 Å². The van der Waals surface area contributed by atoms with E-state index in [4.69, 9.17) is 14.9 Å². The highest BCUT2D eigenvalue weighted by molar-refractivity contribution is 7.53. The van der Waals surface area contributed by atoms with Gasteiger partial charge in [0, 0.05) is 18.7 Å². The van der Waals surface area contributed by atoms with Crippen molar-refractivity contribution in [2.75, 3.05) is 0 Å². The number of nitrogens with zero attached hydrogens (tertiary/aromatic N) is 1. The largest absolute Gasteiger partial charge is 0.506 e. The molecule has 9 heteroatoms. The molecule has 0 bridgehead atoms. The first-order valence-electron chi connectivity index (χ1n) is 5.22. The maximum atomic E-state index is 11.1. The molecular formula is C10H11N2O6P.